The molecule has 0 bridgehead atoms. The second-order valence-corrected chi connectivity index (χ2v) is 1.42. The summed E-state index contributed by atoms with van der Waals surface area (Å²) in [6, 6.07) is 0. The molecule has 8 heteroatoms. The Balaban J connectivity index is -0.0000000267. The van der Waals surface area contributed by atoms with Gasteiger partial charge in [0.05, 0.1) is 0 Å². The second-order valence-electron chi connectivity index (χ2n) is 0.473. The Morgan fingerprint density at radius 1 is 1.38 bits per heavy atom. The summed E-state index contributed by atoms with van der Waals surface area (Å²) < 4.78 is 19.0. The average Bonchev–Trinajstić information content (AvgIpc) is 0.722. The van der Waals surface area contributed by atoms with E-state index in [1.165, 1.54) is 0 Å². The maximum absolute atomic E-state index is 10.4. The molecule has 0 aromatic rings. The molecule has 2 N–H and O–H groups in total. The quantitative estimate of drug-likeness (QED) is 0.431. The predicted octanol–water partition coefficient (Wildman–Crippen LogP) is -0.605. The van der Waals surface area contributed by atoms with Gasteiger partial charge >= 0.3 is 37.5 Å². The first kappa shape index (κ1) is 22.5. The van der Waals surface area contributed by atoms with E-state index in [-0.39, 0.29) is 65.2 Å². The van der Waals surface area contributed by atoms with Gasteiger partial charge in [-0.3, -0.25) is 9.79 Å². The summed E-state index contributed by atoms with van der Waals surface area (Å²) >= 11 is 0. The Morgan fingerprint density at radius 2 is 1.38 bits per heavy atom. The first-order valence-electron chi connectivity index (χ1n) is 0.752. The molecule has 0 unspecified atom stereocenters. The van der Waals surface area contributed by atoms with E-state index in [0.29, 0.717) is 0 Å². The summed E-state index contributed by atoms with van der Waals surface area (Å²) in [5.74, 6) is 0. The van der Waals surface area contributed by atoms with Gasteiger partial charge in [-0.25, -0.2) is 4.57 Å². The molecular formula is H3FMnNaO3PV. The average molecular weight is 230 g/mol. The third kappa shape index (κ3) is 88.6. The molecule has 0 heterocycles. The van der Waals surface area contributed by atoms with Gasteiger partial charge in [0.25, 0.3) is 0 Å². The molecule has 0 saturated heterocycles. The Kier molecular flexibility index (Phi) is 25.8. The summed E-state index contributed by atoms with van der Waals surface area (Å²) in [5, 5.41) is 0. The van der Waals surface area contributed by atoms with Gasteiger partial charge in [0.1, 0.15) is 0 Å². The van der Waals surface area contributed by atoms with E-state index in [1.807, 2.05) is 0 Å². The van der Waals surface area contributed by atoms with E-state index in [4.69, 9.17) is 14.4 Å². The molecule has 8 heavy (non-hydrogen) atoms. The summed E-state index contributed by atoms with van der Waals surface area (Å²) in [5.41, 5.74) is 0. The number of hydrogen-bond acceptors (Lipinski definition) is 1. The van der Waals surface area contributed by atoms with Crippen LogP contribution in [-0.4, -0.2) is 39.3 Å². The fourth-order valence-electron chi connectivity index (χ4n) is 0. The van der Waals surface area contributed by atoms with Crippen molar-refractivity contribution in [1.29, 1.82) is 0 Å². The van der Waals surface area contributed by atoms with E-state index in [1.54, 1.807) is 0 Å². The van der Waals surface area contributed by atoms with Crippen LogP contribution in [0.5, 0.6) is 0 Å². The molecule has 0 aliphatic carbocycles. The van der Waals surface area contributed by atoms with Crippen LogP contribution in [0.2, 0.25) is 0 Å². The zero-order chi connectivity index (χ0) is 4.50. The fourth-order valence-corrected chi connectivity index (χ4v) is 0. The van der Waals surface area contributed by atoms with Crippen molar-refractivity contribution in [2.45, 2.75) is 0 Å². The molecule has 46 valence electrons. The third-order valence-electron chi connectivity index (χ3n) is 0. The zero-order valence-corrected chi connectivity index (χ0v) is 6.42. The van der Waals surface area contributed by atoms with Crippen molar-refractivity contribution < 1.29 is 54.2 Å². The van der Waals surface area contributed by atoms with E-state index in [0.717, 1.165) is 0 Å². The molecule has 0 aliphatic heterocycles. The topological polar surface area (TPSA) is 57.5 Å². The van der Waals surface area contributed by atoms with Crippen LogP contribution in [0.25, 0.3) is 0 Å². The van der Waals surface area contributed by atoms with Crippen molar-refractivity contribution in [2.75, 3.05) is 0 Å². The molecule has 0 spiro atoms. The van der Waals surface area contributed by atoms with Crippen molar-refractivity contribution >= 4 is 37.5 Å². The van der Waals surface area contributed by atoms with Gasteiger partial charge in [0.2, 0.25) is 0 Å². The summed E-state index contributed by atoms with van der Waals surface area (Å²) in [6.07, 6.45) is 0. The molecular weight excluding hydrogens is 227 g/mol. The maximum atomic E-state index is 10.4. The third-order valence-corrected chi connectivity index (χ3v) is 0. The second kappa shape index (κ2) is 9.18. The molecule has 0 saturated carbocycles. The van der Waals surface area contributed by atoms with Crippen LogP contribution in [-0.2, 0) is 40.2 Å². The Bertz CT molecular complexity index is 65.4. The minimum absolute atomic E-state index is 0. The van der Waals surface area contributed by atoms with E-state index in [2.05, 4.69) is 0 Å². The van der Waals surface area contributed by atoms with E-state index in [9.17, 15) is 4.20 Å². The standard InChI is InChI=1S/FH2O3P.Mn.Na.V.H/c1-5(2,3)4;;;;/h(H2,2,3,4);;;;. The van der Waals surface area contributed by atoms with Gasteiger partial charge in [-0.15, -0.1) is 4.20 Å². The normalized spacial score (nSPS) is 7.38. The number of hydrogen-bond donors (Lipinski definition) is 2. The molecule has 0 atom stereocenters. The summed E-state index contributed by atoms with van der Waals surface area (Å²) in [7, 11) is -5.14. The Morgan fingerprint density at radius 3 is 1.38 bits per heavy atom. The first-order valence-corrected chi connectivity index (χ1v) is 2.25. The van der Waals surface area contributed by atoms with Crippen LogP contribution in [0.3, 0.4) is 0 Å². The predicted molar refractivity (Wildman–Crippen MR) is 20.3 cm³/mol. The van der Waals surface area contributed by atoms with Crippen LogP contribution in [0, 0.1) is 0 Å². The smallest absolute Gasteiger partial charge is 0 e. The van der Waals surface area contributed by atoms with Crippen molar-refractivity contribution in [3.05, 3.63) is 0 Å². The minimum Gasteiger partial charge on any atom is 0 e. The molecule has 3 nitrogen and oxygen atoms in total. The summed E-state index contributed by atoms with van der Waals surface area (Å²) in [6.45, 7) is 0. The molecule has 0 rings (SSSR count). The number of halogens is 1. The molecule has 0 aromatic heterocycles. The van der Waals surface area contributed by atoms with E-state index < -0.39 is 7.91 Å². The van der Waals surface area contributed by atoms with Crippen molar-refractivity contribution in [3.8, 4) is 0 Å². The van der Waals surface area contributed by atoms with Crippen LogP contribution in [0.15, 0.2) is 0 Å². The largest absolute Gasteiger partial charge is 0 e. The first-order chi connectivity index (χ1) is 2.00. The molecule has 0 fully saturated rings. The van der Waals surface area contributed by atoms with Gasteiger partial charge in [-0.05, 0) is 0 Å². The SMILES string of the molecule is O=P(O)(O)F.[Mn].[NaH].[V]. The zero-order valence-electron chi connectivity index (χ0n) is 2.95. The Labute approximate surface area is 90.7 Å². The minimum atomic E-state index is -5.14. The van der Waals surface area contributed by atoms with Crippen molar-refractivity contribution in [1.82, 2.24) is 0 Å². The van der Waals surface area contributed by atoms with Crippen molar-refractivity contribution in [2.24, 2.45) is 0 Å². The monoisotopic (exact) mass is 230 g/mol. The fraction of sp³-hybridized carbons (Fsp3) is 0. The van der Waals surface area contributed by atoms with Crippen LogP contribution in [0.4, 0.5) is 4.20 Å². The molecule has 0 amide bonds. The molecule has 0 aliphatic rings. The number of rotatable bonds is 0. The van der Waals surface area contributed by atoms with Gasteiger partial charge < -0.3 is 0 Å². The van der Waals surface area contributed by atoms with Gasteiger partial charge in [-0.1, -0.05) is 0 Å². The molecule has 0 aromatic carbocycles. The van der Waals surface area contributed by atoms with Crippen molar-refractivity contribution in [3.63, 3.8) is 0 Å². The van der Waals surface area contributed by atoms with Crippen LogP contribution < -0.4 is 0 Å². The van der Waals surface area contributed by atoms with Crippen LogP contribution in [0.1, 0.15) is 0 Å². The van der Waals surface area contributed by atoms with Gasteiger partial charge in [0.15, 0.2) is 0 Å². The summed E-state index contributed by atoms with van der Waals surface area (Å²) in [4.78, 5) is 13.9. The van der Waals surface area contributed by atoms with Gasteiger partial charge in [0, 0.05) is 35.6 Å². The Hall–Kier alpha value is 2.18. The van der Waals surface area contributed by atoms with Gasteiger partial charge in [-0.2, -0.15) is 0 Å². The van der Waals surface area contributed by atoms with Crippen LogP contribution >= 0.6 is 7.91 Å². The van der Waals surface area contributed by atoms with E-state index >= 15 is 0 Å². The molecule has 2 radical (unpaired) electrons. The maximum Gasteiger partial charge on any atom is 0 e.